The van der Waals surface area contributed by atoms with Crippen LogP contribution in [0.25, 0.3) is 0 Å². The molecular weight excluding hydrogens is 555 g/mol. The third-order valence-corrected chi connectivity index (χ3v) is 8.52. The highest BCUT2D eigenvalue weighted by molar-refractivity contribution is 8.18. The summed E-state index contributed by atoms with van der Waals surface area (Å²) in [6.07, 6.45) is 0. The molecule has 2 aliphatic rings. The molecule has 2 fully saturated rings. The van der Waals surface area contributed by atoms with Gasteiger partial charge in [-0.15, -0.1) is 12.6 Å². The van der Waals surface area contributed by atoms with Gasteiger partial charge >= 0.3 is 0 Å². The number of para-hydroxylation sites is 1. The molecule has 10 heteroatoms. The fourth-order valence-corrected chi connectivity index (χ4v) is 5.97. The van der Waals surface area contributed by atoms with E-state index in [0.717, 1.165) is 34.9 Å². The molecule has 41 heavy (non-hydrogen) atoms. The maximum absolute atomic E-state index is 13.8. The number of thioether (sulfide) groups is 1. The van der Waals surface area contributed by atoms with Gasteiger partial charge < -0.3 is 15.0 Å². The van der Waals surface area contributed by atoms with E-state index in [4.69, 9.17) is 9.73 Å². The fraction of sp³-hybridized carbons (Fsp3) is 0.258. The van der Waals surface area contributed by atoms with Crippen LogP contribution in [0, 0.1) is 0 Å². The number of anilines is 2. The van der Waals surface area contributed by atoms with Crippen molar-refractivity contribution in [2.24, 2.45) is 4.99 Å². The normalized spacial score (nSPS) is 18.1. The summed E-state index contributed by atoms with van der Waals surface area (Å²) >= 11 is 5.97. The second-order valence-corrected chi connectivity index (χ2v) is 11.3. The number of aliphatic imine (C=N–C) groups is 1. The molecule has 8 nitrogen and oxygen atoms in total. The Hall–Kier alpha value is -3.57. The van der Waals surface area contributed by atoms with Crippen molar-refractivity contribution in [1.82, 2.24) is 9.80 Å². The van der Waals surface area contributed by atoms with Crippen LogP contribution in [0.2, 0.25) is 0 Å². The highest BCUT2D eigenvalue weighted by atomic mass is 32.2. The topological polar surface area (TPSA) is 77.5 Å². The van der Waals surface area contributed by atoms with E-state index >= 15 is 0 Å². The van der Waals surface area contributed by atoms with Crippen LogP contribution in [0.5, 0.6) is 0 Å². The summed E-state index contributed by atoms with van der Waals surface area (Å²) in [5.74, 6) is -0.153. The standard InChI is InChI=1S/C31H33N5O3S2/c1-22(34(2)26-10-6-7-11-27(26)40)29-30(38)36(20-23-8-4-3-5-9-23)31(41-29)33-25-14-12-24(13-15-25)32-28(37)21-35-16-18-39-19-17-35/h3-15,40H,16-21H2,1-2H3,(H,32,37)/b29-22+,33-31?. The number of carbonyl (C=O) groups is 2. The van der Waals surface area contributed by atoms with Gasteiger partial charge in [0.15, 0.2) is 5.17 Å². The smallest absolute Gasteiger partial charge is 0.268 e. The largest absolute Gasteiger partial charge is 0.379 e. The van der Waals surface area contributed by atoms with E-state index in [2.05, 4.69) is 22.8 Å². The number of nitrogens with one attached hydrogen (secondary N) is 1. The molecule has 212 valence electrons. The SMILES string of the molecule is C/C(=C1\SC(=Nc2ccc(NC(=O)CN3CCOCC3)cc2)N(Cc2ccccc2)C1=O)N(C)c1ccccc1S. The number of amidine groups is 1. The van der Waals surface area contributed by atoms with Crippen molar-refractivity contribution < 1.29 is 14.3 Å². The lowest BCUT2D eigenvalue weighted by atomic mass is 10.2. The van der Waals surface area contributed by atoms with Crippen LogP contribution in [-0.4, -0.2) is 66.7 Å². The van der Waals surface area contributed by atoms with Gasteiger partial charge in [-0.2, -0.15) is 0 Å². The highest BCUT2D eigenvalue weighted by Gasteiger charge is 2.36. The molecule has 0 saturated carbocycles. The number of rotatable bonds is 8. The van der Waals surface area contributed by atoms with Crippen molar-refractivity contribution >= 4 is 58.4 Å². The number of carbonyl (C=O) groups excluding carboxylic acids is 2. The number of hydrogen-bond acceptors (Lipinski definition) is 8. The van der Waals surface area contributed by atoms with Crippen LogP contribution in [0.1, 0.15) is 12.5 Å². The number of allylic oxidation sites excluding steroid dienone is 1. The molecule has 2 amide bonds. The monoisotopic (exact) mass is 587 g/mol. The second kappa shape index (κ2) is 13.4. The summed E-state index contributed by atoms with van der Waals surface area (Å²) in [4.78, 5) is 38.4. The Labute approximate surface area is 250 Å². The van der Waals surface area contributed by atoms with Gasteiger partial charge in [-0.3, -0.25) is 19.4 Å². The maximum Gasteiger partial charge on any atom is 0.268 e. The minimum Gasteiger partial charge on any atom is -0.379 e. The molecule has 2 saturated heterocycles. The summed E-state index contributed by atoms with van der Waals surface area (Å²) in [6, 6.07) is 25.1. The molecule has 3 aromatic rings. The predicted octanol–water partition coefficient (Wildman–Crippen LogP) is 5.38. The van der Waals surface area contributed by atoms with E-state index in [1.165, 1.54) is 11.8 Å². The van der Waals surface area contributed by atoms with Gasteiger partial charge in [0, 0.05) is 36.4 Å². The Morgan fingerprint density at radius 3 is 2.41 bits per heavy atom. The summed E-state index contributed by atoms with van der Waals surface area (Å²) in [7, 11) is 1.94. The first-order chi connectivity index (χ1) is 19.9. The Balaban J connectivity index is 1.37. The number of hydrogen-bond donors (Lipinski definition) is 2. The maximum atomic E-state index is 13.8. The first kappa shape index (κ1) is 28.9. The lowest BCUT2D eigenvalue weighted by Gasteiger charge is -2.25. The van der Waals surface area contributed by atoms with Crippen molar-refractivity contribution in [3.8, 4) is 0 Å². The van der Waals surface area contributed by atoms with Gasteiger partial charge in [-0.25, -0.2) is 4.99 Å². The molecule has 0 radical (unpaired) electrons. The third-order valence-electron chi connectivity index (χ3n) is 6.97. The number of nitrogens with zero attached hydrogens (tertiary/aromatic N) is 4. The van der Waals surface area contributed by atoms with E-state index in [9.17, 15) is 9.59 Å². The van der Waals surface area contributed by atoms with Gasteiger partial charge in [0.25, 0.3) is 5.91 Å². The fourth-order valence-electron chi connectivity index (χ4n) is 4.59. The number of thiol groups is 1. The third kappa shape index (κ3) is 7.20. The Morgan fingerprint density at radius 1 is 1.02 bits per heavy atom. The number of amides is 2. The number of benzene rings is 3. The van der Waals surface area contributed by atoms with Crippen LogP contribution in [0.15, 0.2) is 99.4 Å². The van der Waals surface area contributed by atoms with Gasteiger partial charge in [-0.1, -0.05) is 42.5 Å². The summed E-state index contributed by atoms with van der Waals surface area (Å²) in [5.41, 5.74) is 4.15. The molecule has 3 aromatic carbocycles. The molecule has 1 N–H and O–H groups in total. The minimum absolute atomic E-state index is 0.0610. The van der Waals surface area contributed by atoms with Gasteiger partial charge in [0.1, 0.15) is 0 Å². The molecule has 2 aliphatic heterocycles. The Morgan fingerprint density at radius 2 is 1.71 bits per heavy atom. The zero-order valence-corrected chi connectivity index (χ0v) is 24.8. The minimum atomic E-state index is -0.0920. The predicted molar refractivity (Wildman–Crippen MR) is 169 cm³/mol. The van der Waals surface area contributed by atoms with Crippen LogP contribution >= 0.6 is 24.4 Å². The molecule has 0 bridgehead atoms. The van der Waals surface area contributed by atoms with E-state index in [1.54, 1.807) is 4.90 Å². The Bertz CT molecular complexity index is 1450. The molecule has 0 unspecified atom stereocenters. The second-order valence-electron chi connectivity index (χ2n) is 9.82. The molecule has 2 heterocycles. The van der Waals surface area contributed by atoms with Crippen LogP contribution in [-0.2, 0) is 20.9 Å². The quantitative estimate of drug-likeness (QED) is 0.272. The summed E-state index contributed by atoms with van der Waals surface area (Å²) in [6.45, 7) is 5.50. The van der Waals surface area contributed by atoms with Crippen LogP contribution in [0.4, 0.5) is 17.1 Å². The zero-order valence-electron chi connectivity index (χ0n) is 23.1. The molecule has 0 aromatic heterocycles. The first-order valence-electron chi connectivity index (χ1n) is 13.4. The molecular formula is C31H33N5O3S2. The lowest BCUT2D eigenvalue weighted by molar-refractivity contribution is -0.122. The van der Waals surface area contributed by atoms with E-state index in [0.29, 0.717) is 47.8 Å². The van der Waals surface area contributed by atoms with Crippen molar-refractivity contribution in [2.75, 3.05) is 50.1 Å². The van der Waals surface area contributed by atoms with Crippen molar-refractivity contribution in [1.29, 1.82) is 0 Å². The van der Waals surface area contributed by atoms with Gasteiger partial charge in [0.05, 0.1) is 42.6 Å². The molecule has 0 atom stereocenters. The van der Waals surface area contributed by atoms with Crippen molar-refractivity contribution in [3.63, 3.8) is 0 Å². The van der Waals surface area contributed by atoms with E-state index in [1.807, 2.05) is 97.7 Å². The zero-order chi connectivity index (χ0) is 28.8. The molecule has 0 aliphatic carbocycles. The van der Waals surface area contributed by atoms with Crippen LogP contribution in [0.3, 0.4) is 0 Å². The average molecular weight is 588 g/mol. The van der Waals surface area contributed by atoms with Crippen molar-refractivity contribution in [2.45, 2.75) is 18.4 Å². The summed E-state index contributed by atoms with van der Waals surface area (Å²) < 4.78 is 5.35. The van der Waals surface area contributed by atoms with Gasteiger partial charge in [-0.05, 0) is 60.6 Å². The van der Waals surface area contributed by atoms with Crippen LogP contribution < -0.4 is 10.2 Å². The number of ether oxygens (including phenoxy) is 1. The van der Waals surface area contributed by atoms with Crippen molar-refractivity contribution in [3.05, 3.63) is 95.0 Å². The average Bonchev–Trinajstić information content (AvgIpc) is 3.28. The van der Waals surface area contributed by atoms with E-state index in [-0.39, 0.29) is 11.8 Å². The van der Waals surface area contributed by atoms with Gasteiger partial charge in [0.2, 0.25) is 5.91 Å². The molecule has 0 spiro atoms. The first-order valence-corrected chi connectivity index (χ1v) is 14.7. The highest BCUT2D eigenvalue weighted by Crippen LogP contribution is 2.38. The molecule has 5 rings (SSSR count). The van der Waals surface area contributed by atoms with E-state index < -0.39 is 0 Å². The Kier molecular flexibility index (Phi) is 9.45. The lowest BCUT2D eigenvalue weighted by Crippen LogP contribution is -2.41. The number of morpholine rings is 1. The summed E-state index contributed by atoms with van der Waals surface area (Å²) in [5, 5.41) is 3.56.